The summed E-state index contributed by atoms with van der Waals surface area (Å²) >= 11 is 5.92. The topological polar surface area (TPSA) is 54.7 Å². The number of nitrogen functional groups attached to an aromatic ring is 1. The van der Waals surface area contributed by atoms with E-state index in [1.807, 2.05) is 25.1 Å². The maximum atomic E-state index is 5.92. The van der Waals surface area contributed by atoms with Crippen molar-refractivity contribution < 1.29 is 0 Å². The zero-order valence-corrected chi connectivity index (χ0v) is 8.47. The van der Waals surface area contributed by atoms with E-state index in [1.165, 1.54) is 0 Å². The summed E-state index contributed by atoms with van der Waals surface area (Å²) in [6.45, 7) is 1.96. The van der Waals surface area contributed by atoms with Gasteiger partial charge in [0, 0.05) is 11.1 Å². The van der Waals surface area contributed by atoms with Gasteiger partial charge < -0.3 is 5.73 Å². The van der Waals surface area contributed by atoms with Crippen LogP contribution in [0, 0.1) is 6.92 Å². The van der Waals surface area contributed by atoms with Crippen LogP contribution in [0.2, 0.25) is 5.02 Å². The molecule has 0 saturated heterocycles. The van der Waals surface area contributed by atoms with Gasteiger partial charge in [0.2, 0.25) is 0 Å². The van der Waals surface area contributed by atoms with Gasteiger partial charge in [-0.25, -0.2) is 0 Å². The van der Waals surface area contributed by atoms with E-state index in [-0.39, 0.29) is 0 Å². The first kappa shape index (κ1) is 9.09. The minimum absolute atomic E-state index is 0.493. The third kappa shape index (κ3) is 1.59. The van der Waals surface area contributed by atoms with E-state index in [2.05, 4.69) is 10.2 Å². The molecule has 0 saturated carbocycles. The van der Waals surface area contributed by atoms with Crippen molar-refractivity contribution in [2.24, 2.45) is 0 Å². The standard InChI is InChI=1S/C10H10ClN3/c1-6-4-7(2-3-8(6)11)9-5-10(12)14-13-9/h2-5H,1H3,(H3,12,13,14). The number of aryl methyl sites for hydroxylation is 1. The highest BCUT2D eigenvalue weighted by Crippen LogP contribution is 2.23. The van der Waals surface area contributed by atoms with Crippen molar-refractivity contribution in [3.05, 3.63) is 34.9 Å². The van der Waals surface area contributed by atoms with Crippen molar-refractivity contribution in [2.45, 2.75) is 6.92 Å². The van der Waals surface area contributed by atoms with Crippen molar-refractivity contribution in [1.29, 1.82) is 0 Å². The van der Waals surface area contributed by atoms with E-state index < -0.39 is 0 Å². The molecule has 0 aliphatic heterocycles. The Hall–Kier alpha value is -1.48. The van der Waals surface area contributed by atoms with E-state index in [0.717, 1.165) is 21.8 Å². The van der Waals surface area contributed by atoms with Crippen LogP contribution in [0.25, 0.3) is 11.3 Å². The summed E-state index contributed by atoms with van der Waals surface area (Å²) in [5, 5.41) is 7.48. The van der Waals surface area contributed by atoms with E-state index in [1.54, 1.807) is 6.07 Å². The lowest BCUT2D eigenvalue weighted by molar-refractivity contribution is 1.10. The normalized spacial score (nSPS) is 10.4. The summed E-state index contributed by atoms with van der Waals surface area (Å²) in [4.78, 5) is 0. The fourth-order valence-electron chi connectivity index (χ4n) is 1.30. The number of hydrogen-bond acceptors (Lipinski definition) is 2. The lowest BCUT2D eigenvalue weighted by Crippen LogP contribution is -1.81. The lowest BCUT2D eigenvalue weighted by Gasteiger charge is -2.00. The second-order valence-electron chi connectivity index (χ2n) is 3.17. The first-order valence-electron chi connectivity index (χ1n) is 4.24. The van der Waals surface area contributed by atoms with Gasteiger partial charge in [0.25, 0.3) is 0 Å². The molecule has 72 valence electrons. The fourth-order valence-corrected chi connectivity index (χ4v) is 1.41. The second-order valence-corrected chi connectivity index (χ2v) is 3.58. The molecule has 1 heterocycles. The number of halogens is 1. The number of nitrogens with zero attached hydrogens (tertiary/aromatic N) is 1. The molecular formula is C10H10ClN3. The summed E-state index contributed by atoms with van der Waals surface area (Å²) in [5.41, 5.74) is 8.50. The molecule has 0 radical (unpaired) electrons. The van der Waals surface area contributed by atoms with Gasteiger partial charge in [-0.05, 0) is 30.2 Å². The van der Waals surface area contributed by atoms with Crippen LogP contribution in [0.15, 0.2) is 24.3 Å². The monoisotopic (exact) mass is 207 g/mol. The number of nitrogens with two attached hydrogens (primary N) is 1. The van der Waals surface area contributed by atoms with Crippen LogP contribution in [0.1, 0.15) is 5.56 Å². The van der Waals surface area contributed by atoms with E-state index >= 15 is 0 Å². The smallest absolute Gasteiger partial charge is 0.145 e. The molecule has 0 spiro atoms. The number of aromatic amines is 1. The van der Waals surface area contributed by atoms with Gasteiger partial charge in [-0.1, -0.05) is 17.7 Å². The maximum Gasteiger partial charge on any atom is 0.145 e. The lowest BCUT2D eigenvalue weighted by atomic mass is 10.1. The third-order valence-electron chi connectivity index (χ3n) is 2.07. The maximum absolute atomic E-state index is 5.92. The number of nitrogens with one attached hydrogen (secondary N) is 1. The van der Waals surface area contributed by atoms with Gasteiger partial charge in [0.1, 0.15) is 5.82 Å². The van der Waals surface area contributed by atoms with E-state index in [4.69, 9.17) is 17.3 Å². The van der Waals surface area contributed by atoms with Crippen LogP contribution >= 0.6 is 11.6 Å². The van der Waals surface area contributed by atoms with Crippen molar-refractivity contribution >= 4 is 17.4 Å². The molecule has 0 aliphatic rings. The van der Waals surface area contributed by atoms with Crippen LogP contribution in [0.5, 0.6) is 0 Å². The van der Waals surface area contributed by atoms with E-state index in [9.17, 15) is 0 Å². The van der Waals surface area contributed by atoms with Crippen LogP contribution in [0.3, 0.4) is 0 Å². The molecule has 3 N–H and O–H groups in total. The van der Waals surface area contributed by atoms with Gasteiger partial charge in [-0.15, -0.1) is 0 Å². The molecule has 3 nitrogen and oxygen atoms in total. The first-order chi connectivity index (χ1) is 6.66. The summed E-state index contributed by atoms with van der Waals surface area (Å²) < 4.78 is 0. The molecule has 4 heteroatoms. The number of aromatic nitrogens is 2. The van der Waals surface area contributed by atoms with Gasteiger partial charge in [0.05, 0.1) is 5.69 Å². The van der Waals surface area contributed by atoms with Crippen LogP contribution < -0.4 is 5.73 Å². The zero-order chi connectivity index (χ0) is 10.1. The van der Waals surface area contributed by atoms with Gasteiger partial charge in [-0.2, -0.15) is 5.10 Å². The highest BCUT2D eigenvalue weighted by molar-refractivity contribution is 6.31. The molecule has 0 amide bonds. The highest BCUT2D eigenvalue weighted by Gasteiger charge is 2.02. The minimum Gasteiger partial charge on any atom is -0.382 e. The number of rotatable bonds is 1. The summed E-state index contributed by atoms with van der Waals surface area (Å²) in [5.74, 6) is 0.493. The SMILES string of the molecule is Cc1cc(-c2cc(N)n[nH]2)ccc1Cl. The summed E-state index contributed by atoms with van der Waals surface area (Å²) in [6.07, 6.45) is 0. The average Bonchev–Trinajstić information content (AvgIpc) is 2.57. The summed E-state index contributed by atoms with van der Waals surface area (Å²) in [6, 6.07) is 7.59. The fraction of sp³-hybridized carbons (Fsp3) is 0.100. The van der Waals surface area contributed by atoms with E-state index in [0.29, 0.717) is 5.82 Å². The number of anilines is 1. The van der Waals surface area contributed by atoms with Gasteiger partial charge >= 0.3 is 0 Å². The first-order valence-corrected chi connectivity index (χ1v) is 4.62. The Morgan fingerprint density at radius 1 is 1.36 bits per heavy atom. The second kappa shape index (κ2) is 3.35. The highest BCUT2D eigenvalue weighted by atomic mass is 35.5. The Labute approximate surface area is 86.9 Å². The molecule has 0 aliphatic carbocycles. The minimum atomic E-state index is 0.493. The van der Waals surface area contributed by atoms with Gasteiger partial charge in [-0.3, -0.25) is 5.10 Å². The number of benzene rings is 1. The Balaban J connectivity index is 2.47. The molecule has 0 unspecified atom stereocenters. The molecule has 1 aromatic heterocycles. The molecule has 1 aromatic carbocycles. The molecular weight excluding hydrogens is 198 g/mol. The van der Waals surface area contributed by atoms with Crippen molar-refractivity contribution in [1.82, 2.24) is 10.2 Å². The van der Waals surface area contributed by atoms with Crippen molar-refractivity contribution in [3.63, 3.8) is 0 Å². The molecule has 14 heavy (non-hydrogen) atoms. The number of H-pyrrole nitrogens is 1. The molecule has 2 aromatic rings. The van der Waals surface area contributed by atoms with Crippen molar-refractivity contribution in [3.8, 4) is 11.3 Å². The quantitative estimate of drug-likeness (QED) is 0.755. The number of hydrogen-bond donors (Lipinski definition) is 2. The largest absolute Gasteiger partial charge is 0.382 e. The zero-order valence-electron chi connectivity index (χ0n) is 7.71. The Kier molecular flexibility index (Phi) is 2.17. The molecule has 0 bridgehead atoms. The Morgan fingerprint density at radius 2 is 2.14 bits per heavy atom. The van der Waals surface area contributed by atoms with Crippen LogP contribution in [0.4, 0.5) is 5.82 Å². The Bertz CT molecular complexity index is 462. The predicted molar refractivity (Wildman–Crippen MR) is 58.2 cm³/mol. The molecule has 0 atom stereocenters. The van der Waals surface area contributed by atoms with Crippen LogP contribution in [-0.2, 0) is 0 Å². The third-order valence-corrected chi connectivity index (χ3v) is 2.49. The average molecular weight is 208 g/mol. The van der Waals surface area contributed by atoms with Gasteiger partial charge in [0.15, 0.2) is 0 Å². The molecule has 2 rings (SSSR count). The van der Waals surface area contributed by atoms with Crippen molar-refractivity contribution in [2.75, 3.05) is 5.73 Å². The molecule has 0 fully saturated rings. The Morgan fingerprint density at radius 3 is 2.71 bits per heavy atom. The predicted octanol–water partition coefficient (Wildman–Crippen LogP) is 2.62. The summed E-state index contributed by atoms with van der Waals surface area (Å²) in [7, 11) is 0. The van der Waals surface area contributed by atoms with Crippen LogP contribution in [-0.4, -0.2) is 10.2 Å².